The number of ether oxygens (including phenoxy) is 1. The highest BCUT2D eigenvalue weighted by molar-refractivity contribution is 6.32. The summed E-state index contributed by atoms with van der Waals surface area (Å²) in [7, 11) is 1.57. The molecule has 0 atom stereocenters. The van der Waals surface area contributed by atoms with E-state index in [1.165, 1.54) is 11.8 Å². The van der Waals surface area contributed by atoms with Gasteiger partial charge >= 0.3 is 0 Å². The topological polar surface area (TPSA) is 47.6 Å². The van der Waals surface area contributed by atoms with Gasteiger partial charge in [-0.3, -0.25) is 0 Å². The van der Waals surface area contributed by atoms with Crippen LogP contribution in [0.1, 0.15) is 19.8 Å². The number of rotatable bonds is 3. The Morgan fingerprint density at radius 1 is 1.67 bits per heavy atom. The molecule has 0 bridgehead atoms. The van der Waals surface area contributed by atoms with Gasteiger partial charge in [0.25, 0.3) is 0 Å². The number of hydrogen-bond donors (Lipinski definition) is 1. The van der Waals surface area contributed by atoms with Gasteiger partial charge in [0, 0.05) is 23.2 Å². The van der Waals surface area contributed by atoms with Crippen LogP contribution in [0.15, 0.2) is 39.7 Å². The zero-order valence-corrected chi connectivity index (χ0v) is 9.71. The summed E-state index contributed by atoms with van der Waals surface area (Å²) in [5.41, 5.74) is 7.69. The molecule has 1 heterocycles. The molecule has 0 saturated heterocycles. The Morgan fingerprint density at radius 3 is 3.00 bits per heavy atom. The number of allylic oxidation sites excluding steroid dienone is 2. The standard InChI is InChI=1S/C11H15ClN2O/c1-3-8-6-10(12)9(4-5-15-2)11(13)14-7-8/h4-5,7H,3,6H2,1-2H3,(H2,13,14)/b5-4+. The van der Waals surface area contributed by atoms with E-state index in [4.69, 9.17) is 22.1 Å². The molecule has 0 fully saturated rings. The minimum absolute atomic E-state index is 0.428. The second kappa shape index (κ2) is 5.61. The van der Waals surface area contributed by atoms with Crippen molar-refractivity contribution in [1.82, 2.24) is 0 Å². The van der Waals surface area contributed by atoms with Crippen molar-refractivity contribution in [3.63, 3.8) is 0 Å². The smallest absolute Gasteiger partial charge is 0.131 e. The average Bonchev–Trinajstić information content (AvgIpc) is 2.36. The Labute approximate surface area is 95.0 Å². The van der Waals surface area contributed by atoms with Crippen LogP contribution in [0, 0.1) is 0 Å². The molecule has 0 unspecified atom stereocenters. The lowest BCUT2D eigenvalue weighted by molar-refractivity contribution is 0.338. The fourth-order valence-corrected chi connectivity index (χ4v) is 1.57. The highest BCUT2D eigenvalue weighted by Crippen LogP contribution is 2.24. The van der Waals surface area contributed by atoms with Crippen molar-refractivity contribution in [2.24, 2.45) is 10.7 Å². The van der Waals surface area contributed by atoms with Crippen molar-refractivity contribution in [3.05, 3.63) is 34.7 Å². The number of halogens is 1. The van der Waals surface area contributed by atoms with Gasteiger partial charge in [-0.2, -0.15) is 0 Å². The number of nitrogens with zero attached hydrogens (tertiary/aromatic N) is 1. The maximum atomic E-state index is 6.16. The summed E-state index contributed by atoms with van der Waals surface area (Å²) in [6, 6.07) is 0. The molecule has 4 heteroatoms. The molecule has 0 saturated carbocycles. The molecule has 1 aliphatic rings. The Balaban J connectivity index is 3.00. The molecule has 0 radical (unpaired) electrons. The number of methoxy groups -OCH3 is 1. The van der Waals surface area contributed by atoms with Crippen LogP contribution in [0.2, 0.25) is 0 Å². The van der Waals surface area contributed by atoms with Crippen LogP contribution in [0.3, 0.4) is 0 Å². The Bertz CT molecular complexity index is 354. The van der Waals surface area contributed by atoms with Crippen LogP contribution in [0.25, 0.3) is 0 Å². The molecule has 3 nitrogen and oxygen atoms in total. The normalized spacial score (nSPS) is 17.5. The second-order valence-corrected chi connectivity index (χ2v) is 3.65. The lowest BCUT2D eigenvalue weighted by Crippen LogP contribution is -2.13. The third-order valence-electron chi connectivity index (χ3n) is 2.16. The Hall–Kier alpha value is -1.22. The van der Waals surface area contributed by atoms with E-state index >= 15 is 0 Å². The summed E-state index contributed by atoms with van der Waals surface area (Å²) in [5, 5.41) is 0.704. The molecule has 0 aromatic carbocycles. The predicted octanol–water partition coefficient (Wildman–Crippen LogP) is 2.69. The van der Waals surface area contributed by atoms with Crippen LogP contribution in [0.5, 0.6) is 0 Å². The van der Waals surface area contributed by atoms with E-state index in [0.29, 0.717) is 17.3 Å². The van der Waals surface area contributed by atoms with Crippen LogP contribution in [0.4, 0.5) is 0 Å². The van der Waals surface area contributed by atoms with Crippen molar-refractivity contribution in [3.8, 4) is 0 Å². The summed E-state index contributed by atoms with van der Waals surface area (Å²) in [6.07, 6.45) is 6.68. The quantitative estimate of drug-likeness (QED) is 0.753. The highest BCUT2D eigenvalue weighted by atomic mass is 35.5. The van der Waals surface area contributed by atoms with Crippen molar-refractivity contribution in [1.29, 1.82) is 0 Å². The minimum Gasteiger partial charge on any atom is -0.504 e. The van der Waals surface area contributed by atoms with E-state index in [0.717, 1.165) is 12.0 Å². The van der Waals surface area contributed by atoms with Crippen molar-refractivity contribution < 1.29 is 4.74 Å². The predicted molar refractivity (Wildman–Crippen MR) is 63.6 cm³/mol. The van der Waals surface area contributed by atoms with Crippen LogP contribution >= 0.6 is 11.6 Å². The number of hydrogen-bond acceptors (Lipinski definition) is 3. The first-order chi connectivity index (χ1) is 7.19. The van der Waals surface area contributed by atoms with Gasteiger partial charge in [0.1, 0.15) is 5.84 Å². The van der Waals surface area contributed by atoms with Crippen molar-refractivity contribution in [2.45, 2.75) is 19.8 Å². The molecule has 0 spiro atoms. The molecule has 0 aromatic rings. The molecule has 1 aliphatic heterocycles. The van der Waals surface area contributed by atoms with Gasteiger partial charge in [-0.05, 0) is 18.1 Å². The van der Waals surface area contributed by atoms with Gasteiger partial charge in [-0.25, -0.2) is 4.99 Å². The summed E-state index contributed by atoms with van der Waals surface area (Å²) in [5.74, 6) is 0.428. The van der Waals surface area contributed by atoms with Crippen molar-refractivity contribution >= 4 is 17.4 Å². The number of aliphatic imine (C=N–C) groups is 1. The highest BCUT2D eigenvalue weighted by Gasteiger charge is 2.11. The largest absolute Gasteiger partial charge is 0.504 e. The number of nitrogens with two attached hydrogens (primary N) is 1. The van der Waals surface area contributed by atoms with Crippen molar-refractivity contribution in [2.75, 3.05) is 7.11 Å². The fraction of sp³-hybridized carbons (Fsp3) is 0.364. The monoisotopic (exact) mass is 226 g/mol. The first kappa shape index (κ1) is 11.9. The van der Waals surface area contributed by atoms with E-state index in [-0.39, 0.29) is 0 Å². The Kier molecular flexibility index (Phi) is 4.43. The summed E-state index contributed by atoms with van der Waals surface area (Å²) in [4.78, 5) is 4.14. The van der Waals surface area contributed by atoms with Crippen LogP contribution < -0.4 is 5.73 Å². The second-order valence-electron chi connectivity index (χ2n) is 3.19. The first-order valence-corrected chi connectivity index (χ1v) is 5.16. The molecule has 15 heavy (non-hydrogen) atoms. The van der Waals surface area contributed by atoms with Gasteiger partial charge in [0.2, 0.25) is 0 Å². The van der Waals surface area contributed by atoms with Gasteiger partial charge in [0.15, 0.2) is 0 Å². The maximum absolute atomic E-state index is 6.16. The van der Waals surface area contributed by atoms with E-state index in [9.17, 15) is 0 Å². The van der Waals surface area contributed by atoms with Crippen LogP contribution in [-0.2, 0) is 4.74 Å². The zero-order chi connectivity index (χ0) is 11.3. The molecule has 0 aromatic heterocycles. The molecule has 0 amide bonds. The van der Waals surface area contributed by atoms with E-state index in [1.54, 1.807) is 19.4 Å². The Morgan fingerprint density at radius 2 is 2.40 bits per heavy atom. The first-order valence-electron chi connectivity index (χ1n) is 4.78. The van der Waals surface area contributed by atoms with E-state index in [1.807, 2.05) is 0 Å². The fourth-order valence-electron chi connectivity index (χ4n) is 1.24. The van der Waals surface area contributed by atoms with Gasteiger partial charge in [0.05, 0.1) is 13.4 Å². The minimum atomic E-state index is 0.428. The molecule has 0 aliphatic carbocycles. The lowest BCUT2D eigenvalue weighted by atomic mass is 10.1. The molecule has 82 valence electrons. The van der Waals surface area contributed by atoms with Gasteiger partial charge < -0.3 is 10.5 Å². The van der Waals surface area contributed by atoms with Gasteiger partial charge in [-0.1, -0.05) is 18.5 Å². The maximum Gasteiger partial charge on any atom is 0.131 e. The third kappa shape index (κ3) is 3.13. The third-order valence-corrected chi connectivity index (χ3v) is 2.50. The average molecular weight is 227 g/mol. The summed E-state index contributed by atoms with van der Waals surface area (Å²) in [6.45, 7) is 2.07. The SMILES string of the molecule is CCC1=CN=C(N)C(/C=C/OC)=C(Cl)C1. The lowest BCUT2D eigenvalue weighted by Gasteiger charge is -2.03. The van der Waals surface area contributed by atoms with E-state index in [2.05, 4.69) is 11.9 Å². The zero-order valence-electron chi connectivity index (χ0n) is 8.96. The molecular weight excluding hydrogens is 212 g/mol. The summed E-state index contributed by atoms with van der Waals surface area (Å²) < 4.78 is 4.83. The summed E-state index contributed by atoms with van der Waals surface area (Å²) >= 11 is 6.16. The van der Waals surface area contributed by atoms with Crippen LogP contribution in [-0.4, -0.2) is 12.9 Å². The molecule has 1 rings (SSSR count). The van der Waals surface area contributed by atoms with E-state index < -0.39 is 0 Å². The molecular formula is C11H15ClN2O. The molecule has 2 N–H and O–H groups in total. The number of amidine groups is 1. The van der Waals surface area contributed by atoms with Gasteiger partial charge in [-0.15, -0.1) is 0 Å².